The van der Waals surface area contributed by atoms with Gasteiger partial charge < -0.3 is 0 Å². The Balaban J connectivity index is 2.65. The maximum atomic E-state index is 11.2. The van der Waals surface area contributed by atoms with E-state index in [4.69, 9.17) is 11.6 Å². The van der Waals surface area contributed by atoms with Crippen LogP contribution in [0.15, 0.2) is 18.5 Å². The molecule has 0 radical (unpaired) electrons. The van der Waals surface area contributed by atoms with Crippen LogP contribution >= 0.6 is 11.6 Å². The standard InChI is InChI=1S/C12H13ClN4O/c1-12(2,3)9-8(7-18)10(13)17(16-9)11-14-5-4-6-15-11/h4-7H,1-3H3. The Bertz CT molecular complexity index is 572. The van der Waals surface area contributed by atoms with Crippen LogP contribution in [-0.4, -0.2) is 26.0 Å². The molecule has 0 saturated carbocycles. The van der Waals surface area contributed by atoms with Gasteiger partial charge in [-0.1, -0.05) is 32.4 Å². The lowest BCUT2D eigenvalue weighted by molar-refractivity contribution is 0.112. The minimum atomic E-state index is -0.278. The zero-order valence-electron chi connectivity index (χ0n) is 10.4. The molecule has 0 saturated heterocycles. The van der Waals surface area contributed by atoms with Crippen LogP contribution in [0.2, 0.25) is 5.15 Å². The van der Waals surface area contributed by atoms with Crippen LogP contribution in [0.1, 0.15) is 36.8 Å². The maximum Gasteiger partial charge on any atom is 0.251 e. The van der Waals surface area contributed by atoms with Gasteiger partial charge in [0.2, 0.25) is 0 Å². The van der Waals surface area contributed by atoms with Crippen molar-refractivity contribution in [1.82, 2.24) is 19.7 Å². The molecule has 0 unspecified atom stereocenters. The van der Waals surface area contributed by atoms with E-state index in [-0.39, 0.29) is 10.6 Å². The molecular weight excluding hydrogens is 252 g/mol. The van der Waals surface area contributed by atoms with Gasteiger partial charge in [0.15, 0.2) is 6.29 Å². The summed E-state index contributed by atoms with van der Waals surface area (Å²) >= 11 is 6.16. The first-order valence-corrected chi connectivity index (χ1v) is 5.84. The van der Waals surface area contributed by atoms with Gasteiger partial charge in [0, 0.05) is 17.8 Å². The smallest absolute Gasteiger partial charge is 0.251 e. The third-order valence-corrected chi connectivity index (χ3v) is 2.80. The first-order valence-electron chi connectivity index (χ1n) is 5.46. The fourth-order valence-corrected chi connectivity index (χ4v) is 1.85. The zero-order valence-corrected chi connectivity index (χ0v) is 11.1. The van der Waals surface area contributed by atoms with Crippen LogP contribution in [0, 0.1) is 0 Å². The molecule has 0 spiro atoms. The SMILES string of the molecule is CC(C)(C)c1nn(-c2ncccn2)c(Cl)c1C=O. The van der Waals surface area contributed by atoms with Crippen LogP contribution in [-0.2, 0) is 5.41 Å². The quantitative estimate of drug-likeness (QED) is 0.782. The number of nitrogens with zero attached hydrogens (tertiary/aromatic N) is 4. The van der Waals surface area contributed by atoms with E-state index >= 15 is 0 Å². The van der Waals surface area contributed by atoms with Crippen LogP contribution < -0.4 is 0 Å². The van der Waals surface area contributed by atoms with Gasteiger partial charge >= 0.3 is 0 Å². The molecule has 0 fully saturated rings. The number of hydrogen-bond donors (Lipinski definition) is 0. The summed E-state index contributed by atoms with van der Waals surface area (Å²) in [5.41, 5.74) is 0.742. The molecule has 2 aromatic rings. The minimum absolute atomic E-state index is 0.237. The number of aldehydes is 1. The average Bonchev–Trinajstić information content (AvgIpc) is 2.67. The van der Waals surface area contributed by atoms with Gasteiger partial charge in [-0.15, -0.1) is 0 Å². The topological polar surface area (TPSA) is 60.7 Å². The lowest BCUT2D eigenvalue weighted by Crippen LogP contribution is -2.15. The predicted molar refractivity (Wildman–Crippen MR) is 68.3 cm³/mol. The van der Waals surface area contributed by atoms with E-state index in [2.05, 4.69) is 15.1 Å². The summed E-state index contributed by atoms with van der Waals surface area (Å²) in [6, 6.07) is 1.70. The number of rotatable bonds is 2. The molecular formula is C12H13ClN4O. The molecule has 0 amide bonds. The van der Waals surface area contributed by atoms with E-state index in [1.54, 1.807) is 18.5 Å². The fourth-order valence-electron chi connectivity index (χ4n) is 1.60. The molecule has 0 aromatic carbocycles. The van der Waals surface area contributed by atoms with E-state index in [9.17, 15) is 4.79 Å². The number of carbonyl (C=O) groups excluding carboxylic acids is 1. The number of halogens is 1. The van der Waals surface area contributed by atoms with E-state index in [1.165, 1.54) is 4.68 Å². The highest BCUT2D eigenvalue weighted by Gasteiger charge is 2.26. The third kappa shape index (κ3) is 2.13. The summed E-state index contributed by atoms with van der Waals surface area (Å²) in [6.45, 7) is 5.90. The molecule has 0 aliphatic heterocycles. The minimum Gasteiger partial charge on any atom is -0.298 e. The normalized spacial score (nSPS) is 11.6. The lowest BCUT2D eigenvalue weighted by atomic mass is 9.90. The maximum absolute atomic E-state index is 11.2. The highest BCUT2D eigenvalue weighted by Crippen LogP contribution is 2.29. The highest BCUT2D eigenvalue weighted by atomic mass is 35.5. The first-order chi connectivity index (χ1) is 8.45. The molecule has 18 heavy (non-hydrogen) atoms. The zero-order chi connectivity index (χ0) is 13.3. The molecule has 0 aliphatic rings. The summed E-state index contributed by atoms with van der Waals surface area (Å²) in [4.78, 5) is 19.3. The molecule has 0 aliphatic carbocycles. The van der Waals surface area contributed by atoms with Crippen molar-refractivity contribution in [3.63, 3.8) is 0 Å². The molecule has 5 nitrogen and oxygen atoms in total. The Kier molecular flexibility index (Phi) is 3.17. The predicted octanol–water partition coefficient (Wildman–Crippen LogP) is 2.43. The van der Waals surface area contributed by atoms with Gasteiger partial charge in [-0.3, -0.25) is 4.79 Å². The van der Waals surface area contributed by atoms with Crippen molar-refractivity contribution in [2.24, 2.45) is 0 Å². The summed E-state index contributed by atoms with van der Waals surface area (Å²) in [5, 5.41) is 4.59. The van der Waals surface area contributed by atoms with Crippen molar-refractivity contribution < 1.29 is 4.79 Å². The Hall–Kier alpha value is -1.75. The second-order valence-electron chi connectivity index (χ2n) is 4.88. The summed E-state index contributed by atoms with van der Waals surface area (Å²) in [6.07, 6.45) is 3.91. The summed E-state index contributed by atoms with van der Waals surface area (Å²) in [7, 11) is 0. The van der Waals surface area contributed by atoms with Crippen molar-refractivity contribution >= 4 is 17.9 Å². The van der Waals surface area contributed by atoms with E-state index < -0.39 is 0 Å². The number of hydrogen-bond acceptors (Lipinski definition) is 4. The lowest BCUT2D eigenvalue weighted by Gasteiger charge is -2.15. The van der Waals surface area contributed by atoms with Crippen LogP contribution in [0.4, 0.5) is 0 Å². The summed E-state index contributed by atoms with van der Waals surface area (Å²) in [5.74, 6) is 0.348. The van der Waals surface area contributed by atoms with Crippen molar-refractivity contribution in [3.8, 4) is 5.95 Å². The molecule has 0 bridgehead atoms. The van der Waals surface area contributed by atoms with Gasteiger partial charge in [-0.05, 0) is 6.07 Å². The van der Waals surface area contributed by atoms with Crippen molar-refractivity contribution in [1.29, 1.82) is 0 Å². The fraction of sp³-hybridized carbons (Fsp3) is 0.333. The van der Waals surface area contributed by atoms with Crippen LogP contribution in [0.25, 0.3) is 5.95 Å². The average molecular weight is 265 g/mol. The third-order valence-electron chi connectivity index (χ3n) is 2.43. The Morgan fingerprint density at radius 3 is 2.33 bits per heavy atom. The second-order valence-corrected chi connectivity index (χ2v) is 5.24. The van der Waals surface area contributed by atoms with Gasteiger partial charge in [0.05, 0.1) is 11.3 Å². The van der Waals surface area contributed by atoms with E-state index in [1.807, 2.05) is 20.8 Å². The molecule has 6 heteroatoms. The summed E-state index contributed by atoms with van der Waals surface area (Å²) < 4.78 is 1.38. The highest BCUT2D eigenvalue weighted by molar-refractivity contribution is 6.32. The van der Waals surface area contributed by atoms with Crippen LogP contribution in [0.3, 0.4) is 0 Å². The molecule has 2 aromatic heterocycles. The Labute approximate surface area is 110 Å². The first kappa shape index (κ1) is 12.7. The molecule has 2 rings (SSSR count). The number of aromatic nitrogens is 4. The van der Waals surface area contributed by atoms with Gasteiger partial charge in [0.25, 0.3) is 5.95 Å². The number of carbonyl (C=O) groups is 1. The molecule has 0 N–H and O–H groups in total. The van der Waals surface area contributed by atoms with Gasteiger partial charge in [-0.25, -0.2) is 9.97 Å². The molecule has 94 valence electrons. The molecule has 0 atom stereocenters. The second kappa shape index (κ2) is 4.49. The molecule has 2 heterocycles. The van der Waals surface area contributed by atoms with E-state index in [0.29, 0.717) is 17.2 Å². The monoisotopic (exact) mass is 264 g/mol. The van der Waals surface area contributed by atoms with Crippen molar-refractivity contribution in [2.45, 2.75) is 26.2 Å². The van der Waals surface area contributed by atoms with Crippen molar-refractivity contribution in [2.75, 3.05) is 0 Å². The van der Waals surface area contributed by atoms with Crippen LogP contribution in [0.5, 0.6) is 0 Å². The van der Waals surface area contributed by atoms with Crippen molar-refractivity contribution in [3.05, 3.63) is 34.9 Å². The largest absolute Gasteiger partial charge is 0.298 e. The van der Waals surface area contributed by atoms with Gasteiger partial charge in [0.1, 0.15) is 5.15 Å². The van der Waals surface area contributed by atoms with Gasteiger partial charge in [-0.2, -0.15) is 9.78 Å². The Morgan fingerprint density at radius 1 is 1.28 bits per heavy atom. The Morgan fingerprint density at radius 2 is 1.89 bits per heavy atom. The van der Waals surface area contributed by atoms with E-state index in [0.717, 1.165) is 6.29 Å².